The second kappa shape index (κ2) is 6.14. The van der Waals surface area contributed by atoms with Gasteiger partial charge in [0.1, 0.15) is 0 Å². The molecule has 1 fully saturated rings. The van der Waals surface area contributed by atoms with Gasteiger partial charge in [-0.2, -0.15) is 5.10 Å². The number of pyridine rings is 1. The van der Waals surface area contributed by atoms with Crippen LogP contribution in [0.4, 0.5) is 0 Å². The summed E-state index contributed by atoms with van der Waals surface area (Å²) in [6, 6.07) is 1.83. The van der Waals surface area contributed by atoms with Gasteiger partial charge in [-0.3, -0.25) is 9.89 Å². The second-order valence-corrected chi connectivity index (χ2v) is 7.00. The fourth-order valence-electron chi connectivity index (χ4n) is 3.36. The molecule has 7 nitrogen and oxygen atoms in total. The zero-order chi connectivity index (χ0) is 17.5. The first-order chi connectivity index (χ1) is 11.3. The Kier molecular flexibility index (Phi) is 4.31. The molecule has 2 aromatic heterocycles. The van der Waals surface area contributed by atoms with Crippen LogP contribution in [0.1, 0.15) is 35.6 Å². The number of hydrogen-bond donors (Lipinski definition) is 1. The van der Waals surface area contributed by atoms with Gasteiger partial charge in [-0.25, -0.2) is 4.98 Å². The van der Waals surface area contributed by atoms with Crippen molar-refractivity contribution in [3.05, 3.63) is 23.0 Å². The Morgan fingerprint density at radius 1 is 1.50 bits per heavy atom. The maximum Gasteiger partial charge on any atom is 0.254 e. The fourth-order valence-corrected chi connectivity index (χ4v) is 3.36. The van der Waals surface area contributed by atoms with E-state index < -0.39 is 5.60 Å². The molecule has 2 aromatic rings. The molecule has 1 aliphatic rings. The standard InChI is InChI=1S/C17H24N4O3/c1-10-6-13(14-11(2)19-20-15(14)18-10)16(22)21-7-12(8-23-5)24-17(3,4)9-21/h6,12H,7-9H2,1-5H3,(H,18,19,20)/t12-/m1/s1. The Balaban J connectivity index is 1.98. The van der Waals surface area contributed by atoms with Crippen molar-refractivity contribution in [2.45, 2.75) is 39.4 Å². The average molecular weight is 332 g/mol. The molecule has 3 heterocycles. The summed E-state index contributed by atoms with van der Waals surface area (Å²) >= 11 is 0. The maximum atomic E-state index is 13.2. The van der Waals surface area contributed by atoms with Crippen LogP contribution in [0.3, 0.4) is 0 Å². The number of amides is 1. The minimum absolute atomic E-state index is 0.0209. The summed E-state index contributed by atoms with van der Waals surface area (Å²) in [6.45, 7) is 9.26. The number of rotatable bonds is 3. The van der Waals surface area contributed by atoms with Crippen molar-refractivity contribution in [2.75, 3.05) is 26.8 Å². The molecular weight excluding hydrogens is 308 g/mol. The fraction of sp³-hybridized carbons (Fsp3) is 0.588. The summed E-state index contributed by atoms with van der Waals surface area (Å²) in [4.78, 5) is 19.5. The number of morpholine rings is 1. The topological polar surface area (TPSA) is 80.3 Å². The third kappa shape index (κ3) is 3.14. The number of H-pyrrole nitrogens is 1. The van der Waals surface area contributed by atoms with Crippen molar-refractivity contribution in [3.63, 3.8) is 0 Å². The number of nitrogens with zero attached hydrogens (tertiary/aromatic N) is 3. The largest absolute Gasteiger partial charge is 0.382 e. The zero-order valence-corrected chi connectivity index (χ0v) is 14.8. The molecule has 24 heavy (non-hydrogen) atoms. The molecule has 0 aliphatic carbocycles. The van der Waals surface area contributed by atoms with E-state index in [4.69, 9.17) is 9.47 Å². The van der Waals surface area contributed by atoms with Crippen molar-refractivity contribution in [2.24, 2.45) is 0 Å². The monoisotopic (exact) mass is 332 g/mol. The molecule has 0 unspecified atom stereocenters. The van der Waals surface area contributed by atoms with E-state index in [2.05, 4.69) is 15.2 Å². The summed E-state index contributed by atoms with van der Waals surface area (Å²) in [5.74, 6) is -0.0209. The van der Waals surface area contributed by atoms with Crippen LogP contribution < -0.4 is 0 Å². The van der Waals surface area contributed by atoms with Gasteiger partial charge in [0.25, 0.3) is 5.91 Å². The Morgan fingerprint density at radius 3 is 2.96 bits per heavy atom. The number of hydrogen-bond acceptors (Lipinski definition) is 5. The van der Waals surface area contributed by atoms with Crippen molar-refractivity contribution >= 4 is 16.9 Å². The van der Waals surface area contributed by atoms with Crippen molar-refractivity contribution in [1.82, 2.24) is 20.1 Å². The molecule has 0 saturated carbocycles. The van der Waals surface area contributed by atoms with Crippen LogP contribution in [-0.2, 0) is 9.47 Å². The Labute approximate surface area is 141 Å². The zero-order valence-electron chi connectivity index (χ0n) is 14.8. The summed E-state index contributed by atoms with van der Waals surface area (Å²) in [5, 5.41) is 7.90. The number of fused-ring (bicyclic) bond motifs is 1. The molecule has 1 atom stereocenters. The highest BCUT2D eigenvalue weighted by molar-refractivity contribution is 6.06. The number of carbonyl (C=O) groups excluding carboxylic acids is 1. The van der Waals surface area contributed by atoms with E-state index in [9.17, 15) is 4.79 Å². The molecule has 1 N–H and O–H groups in total. The lowest BCUT2D eigenvalue weighted by Gasteiger charge is -2.42. The van der Waals surface area contributed by atoms with E-state index in [1.54, 1.807) is 7.11 Å². The SMILES string of the molecule is COC[C@H]1CN(C(=O)c2cc(C)nc3n[nH]c(C)c23)CC(C)(C)O1. The summed E-state index contributed by atoms with van der Waals surface area (Å²) in [7, 11) is 1.64. The van der Waals surface area contributed by atoms with E-state index in [0.717, 1.165) is 16.8 Å². The van der Waals surface area contributed by atoms with E-state index in [0.29, 0.717) is 30.9 Å². The minimum Gasteiger partial charge on any atom is -0.382 e. The van der Waals surface area contributed by atoms with E-state index in [1.807, 2.05) is 38.7 Å². The first-order valence-electron chi connectivity index (χ1n) is 8.09. The van der Waals surface area contributed by atoms with Gasteiger partial charge in [0.15, 0.2) is 5.65 Å². The summed E-state index contributed by atoms with van der Waals surface area (Å²) in [5.41, 5.74) is 2.43. The molecule has 0 spiro atoms. The molecule has 1 saturated heterocycles. The first-order valence-corrected chi connectivity index (χ1v) is 8.09. The van der Waals surface area contributed by atoms with Gasteiger partial charge in [-0.15, -0.1) is 0 Å². The summed E-state index contributed by atoms with van der Waals surface area (Å²) in [6.07, 6.45) is -0.133. The number of aromatic amines is 1. The second-order valence-electron chi connectivity index (χ2n) is 7.00. The third-order valence-electron chi connectivity index (χ3n) is 4.18. The number of methoxy groups -OCH3 is 1. The van der Waals surface area contributed by atoms with Crippen LogP contribution in [0.15, 0.2) is 6.07 Å². The Bertz CT molecular complexity index is 769. The van der Waals surface area contributed by atoms with Crippen LogP contribution in [-0.4, -0.2) is 64.5 Å². The van der Waals surface area contributed by atoms with Crippen LogP contribution in [0, 0.1) is 13.8 Å². The van der Waals surface area contributed by atoms with Crippen molar-refractivity contribution in [3.8, 4) is 0 Å². The van der Waals surface area contributed by atoms with E-state index >= 15 is 0 Å². The summed E-state index contributed by atoms with van der Waals surface area (Å²) < 4.78 is 11.2. The van der Waals surface area contributed by atoms with Crippen LogP contribution >= 0.6 is 0 Å². The molecule has 7 heteroatoms. The lowest BCUT2D eigenvalue weighted by molar-refractivity contribution is -0.143. The number of carbonyl (C=O) groups is 1. The van der Waals surface area contributed by atoms with Crippen molar-refractivity contribution < 1.29 is 14.3 Å². The van der Waals surface area contributed by atoms with Gasteiger partial charge in [-0.1, -0.05) is 0 Å². The lowest BCUT2D eigenvalue weighted by atomic mass is 10.0. The number of nitrogens with one attached hydrogen (secondary N) is 1. The highest BCUT2D eigenvalue weighted by atomic mass is 16.5. The normalized spacial score (nSPS) is 20.5. The van der Waals surface area contributed by atoms with Crippen LogP contribution in [0.2, 0.25) is 0 Å². The number of aromatic nitrogens is 3. The number of ether oxygens (including phenoxy) is 2. The molecule has 3 rings (SSSR count). The average Bonchev–Trinajstić information content (AvgIpc) is 2.85. The lowest BCUT2D eigenvalue weighted by Crippen LogP contribution is -2.55. The predicted octanol–water partition coefficient (Wildman–Crippen LogP) is 1.84. The Hall–Kier alpha value is -1.99. The van der Waals surface area contributed by atoms with Crippen molar-refractivity contribution in [1.29, 1.82) is 0 Å². The molecule has 0 radical (unpaired) electrons. The minimum atomic E-state index is -0.413. The highest BCUT2D eigenvalue weighted by Crippen LogP contribution is 2.26. The van der Waals surface area contributed by atoms with Gasteiger partial charge in [0, 0.05) is 31.6 Å². The molecule has 1 amide bonds. The van der Waals surface area contributed by atoms with E-state index in [1.165, 1.54) is 0 Å². The van der Waals surface area contributed by atoms with Gasteiger partial charge < -0.3 is 14.4 Å². The molecule has 1 aliphatic heterocycles. The Morgan fingerprint density at radius 2 is 2.25 bits per heavy atom. The maximum absolute atomic E-state index is 13.2. The molecule has 130 valence electrons. The smallest absolute Gasteiger partial charge is 0.254 e. The highest BCUT2D eigenvalue weighted by Gasteiger charge is 2.36. The van der Waals surface area contributed by atoms with Crippen LogP contribution in [0.25, 0.3) is 11.0 Å². The first kappa shape index (κ1) is 16.9. The molecular formula is C17H24N4O3. The molecule has 0 aromatic carbocycles. The van der Waals surface area contributed by atoms with Gasteiger partial charge >= 0.3 is 0 Å². The third-order valence-corrected chi connectivity index (χ3v) is 4.18. The van der Waals surface area contributed by atoms with Gasteiger partial charge in [0.05, 0.1) is 29.3 Å². The number of aryl methyl sites for hydroxylation is 2. The van der Waals surface area contributed by atoms with E-state index in [-0.39, 0.29) is 12.0 Å². The molecule has 0 bridgehead atoms. The van der Waals surface area contributed by atoms with Crippen LogP contribution in [0.5, 0.6) is 0 Å². The quantitative estimate of drug-likeness (QED) is 0.928. The van der Waals surface area contributed by atoms with Gasteiger partial charge in [-0.05, 0) is 33.8 Å². The van der Waals surface area contributed by atoms with Gasteiger partial charge in [0.2, 0.25) is 0 Å². The predicted molar refractivity (Wildman–Crippen MR) is 90.1 cm³/mol.